The van der Waals surface area contributed by atoms with Crippen LogP contribution in [0.25, 0.3) is 0 Å². The minimum atomic E-state index is -4.18. The first kappa shape index (κ1) is 17.3. The predicted molar refractivity (Wildman–Crippen MR) is 74.9 cm³/mol. The number of benzene rings is 1. The summed E-state index contributed by atoms with van der Waals surface area (Å²) in [6, 6.07) is 5.36. The SMILES string of the molecule is COc1ccc(Br)cc1CC(C)(O)CCCC(F)(F)F. The molecule has 0 aliphatic rings. The third kappa shape index (κ3) is 6.13. The Morgan fingerprint density at radius 1 is 1.25 bits per heavy atom. The minimum absolute atomic E-state index is 0.0855. The maximum absolute atomic E-state index is 12.1. The van der Waals surface area contributed by atoms with Gasteiger partial charge in [0.15, 0.2) is 0 Å². The van der Waals surface area contributed by atoms with Crippen LogP contribution in [0.2, 0.25) is 0 Å². The molecule has 1 aromatic rings. The molecule has 1 rings (SSSR count). The van der Waals surface area contributed by atoms with Crippen LogP contribution in [-0.4, -0.2) is 24.0 Å². The van der Waals surface area contributed by atoms with Gasteiger partial charge in [0.05, 0.1) is 12.7 Å². The number of ether oxygens (including phenoxy) is 1. The summed E-state index contributed by atoms with van der Waals surface area (Å²) >= 11 is 3.33. The second-order valence-electron chi connectivity index (χ2n) is 5.10. The highest BCUT2D eigenvalue weighted by molar-refractivity contribution is 9.10. The largest absolute Gasteiger partial charge is 0.496 e. The lowest BCUT2D eigenvalue weighted by Gasteiger charge is -2.24. The van der Waals surface area contributed by atoms with E-state index in [4.69, 9.17) is 4.74 Å². The van der Waals surface area contributed by atoms with Crippen molar-refractivity contribution in [3.05, 3.63) is 28.2 Å². The molecule has 1 N–H and O–H groups in total. The van der Waals surface area contributed by atoms with Crippen LogP contribution in [0.5, 0.6) is 5.75 Å². The van der Waals surface area contributed by atoms with Crippen molar-refractivity contribution in [3.8, 4) is 5.75 Å². The van der Waals surface area contributed by atoms with Gasteiger partial charge < -0.3 is 9.84 Å². The Labute approximate surface area is 125 Å². The highest BCUT2D eigenvalue weighted by atomic mass is 79.9. The molecule has 1 aromatic carbocycles. The summed E-state index contributed by atoms with van der Waals surface area (Å²) in [4.78, 5) is 0. The number of rotatable bonds is 6. The summed E-state index contributed by atoms with van der Waals surface area (Å²) < 4.78 is 42.4. The standard InChI is InChI=1S/C14H18BrF3O2/c1-13(19,6-3-7-14(16,17)18)9-10-8-11(15)4-5-12(10)20-2/h4-5,8,19H,3,6-7,9H2,1-2H3. The van der Waals surface area contributed by atoms with Gasteiger partial charge in [-0.15, -0.1) is 0 Å². The fourth-order valence-corrected chi connectivity index (χ4v) is 2.46. The highest BCUT2D eigenvalue weighted by Gasteiger charge is 2.29. The van der Waals surface area contributed by atoms with Gasteiger partial charge in [0.1, 0.15) is 5.75 Å². The van der Waals surface area contributed by atoms with Crippen LogP contribution < -0.4 is 4.74 Å². The first-order chi connectivity index (χ1) is 9.13. The number of alkyl halides is 3. The second kappa shape index (κ2) is 6.80. The summed E-state index contributed by atoms with van der Waals surface area (Å²) in [6.07, 6.45) is -4.81. The molecule has 20 heavy (non-hydrogen) atoms. The smallest absolute Gasteiger partial charge is 0.389 e. The van der Waals surface area contributed by atoms with Crippen molar-refractivity contribution in [2.24, 2.45) is 0 Å². The molecule has 0 saturated heterocycles. The van der Waals surface area contributed by atoms with E-state index in [0.29, 0.717) is 5.75 Å². The fourth-order valence-electron chi connectivity index (χ4n) is 2.05. The number of hydrogen-bond donors (Lipinski definition) is 1. The van der Waals surface area contributed by atoms with Gasteiger partial charge >= 0.3 is 6.18 Å². The van der Waals surface area contributed by atoms with Gasteiger partial charge in [0.2, 0.25) is 0 Å². The molecule has 0 aromatic heterocycles. The third-order valence-corrected chi connectivity index (χ3v) is 3.48. The predicted octanol–water partition coefficient (Wildman–Crippen LogP) is 4.48. The normalized spacial score (nSPS) is 14.9. The van der Waals surface area contributed by atoms with Crippen LogP contribution in [0.1, 0.15) is 31.7 Å². The van der Waals surface area contributed by atoms with Gasteiger partial charge in [-0.3, -0.25) is 0 Å². The highest BCUT2D eigenvalue weighted by Crippen LogP contribution is 2.30. The van der Waals surface area contributed by atoms with Crippen molar-refractivity contribution >= 4 is 15.9 Å². The third-order valence-electron chi connectivity index (χ3n) is 2.99. The summed E-state index contributed by atoms with van der Waals surface area (Å²) in [5.41, 5.74) is -0.432. The zero-order chi connectivity index (χ0) is 15.4. The van der Waals surface area contributed by atoms with Crippen molar-refractivity contribution in [2.75, 3.05) is 7.11 Å². The van der Waals surface area contributed by atoms with Crippen LogP contribution in [0.3, 0.4) is 0 Å². The van der Waals surface area contributed by atoms with Crippen molar-refractivity contribution in [1.29, 1.82) is 0 Å². The zero-order valence-corrected chi connectivity index (χ0v) is 13.0. The number of halogens is 4. The lowest BCUT2D eigenvalue weighted by molar-refractivity contribution is -0.137. The van der Waals surface area contributed by atoms with Crippen molar-refractivity contribution in [2.45, 2.75) is 44.4 Å². The first-order valence-corrected chi connectivity index (χ1v) is 7.04. The molecule has 0 amide bonds. The van der Waals surface area contributed by atoms with E-state index in [2.05, 4.69) is 15.9 Å². The van der Waals surface area contributed by atoms with Crippen LogP contribution >= 0.6 is 15.9 Å². The summed E-state index contributed by atoms with van der Waals surface area (Å²) in [7, 11) is 1.52. The lowest BCUT2D eigenvalue weighted by atomic mass is 9.91. The summed E-state index contributed by atoms with van der Waals surface area (Å²) in [5.74, 6) is 0.615. The topological polar surface area (TPSA) is 29.5 Å². The van der Waals surface area contributed by atoms with Gasteiger partial charge in [-0.05, 0) is 43.5 Å². The molecule has 0 spiro atoms. The minimum Gasteiger partial charge on any atom is -0.496 e. The zero-order valence-electron chi connectivity index (χ0n) is 11.4. The van der Waals surface area contributed by atoms with E-state index in [0.717, 1.165) is 10.0 Å². The van der Waals surface area contributed by atoms with Crippen molar-refractivity contribution in [3.63, 3.8) is 0 Å². The van der Waals surface area contributed by atoms with E-state index >= 15 is 0 Å². The molecule has 0 bridgehead atoms. The van der Waals surface area contributed by atoms with Gasteiger partial charge in [0.25, 0.3) is 0 Å². The van der Waals surface area contributed by atoms with E-state index in [1.54, 1.807) is 25.1 Å². The van der Waals surface area contributed by atoms with Gasteiger partial charge in [-0.2, -0.15) is 13.2 Å². The van der Waals surface area contributed by atoms with E-state index < -0.39 is 18.2 Å². The van der Waals surface area contributed by atoms with E-state index in [1.807, 2.05) is 0 Å². The molecule has 114 valence electrons. The Hall–Kier alpha value is -0.750. The average molecular weight is 355 g/mol. The fraction of sp³-hybridized carbons (Fsp3) is 0.571. The van der Waals surface area contributed by atoms with Crippen LogP contribution in [0.15, 0.2) is 22.7 Å². The van der Waals surface area contributed by atoms with Crippen molar-refractivity contribution < 1.29 is 23.0 Å². The summed E-state index contributed by atoms with van der Waals surface area (Å²) in [5, 5.41) is 10.2. The molecule has 0 radical (unpaired) electrons. The van der Waals surface area contributed by atoms with Gasteiger partial charge in [0, 0.05) is 17.3 Å². The number of aliphatic hydroxyl groups is 1. The Balaban J connectivity index is 2.68. The maximum atomic E-state index is 12.1. The maximum Gasteiger partial charge on any atom is 0.389 e. The Morgan fingerprint density at radius 2 is 1.90 bits per heavy atom. The molecule has 0 saturated carbocycles. The number of hydrogen-bond acceptors (Lipinski definition) is 2. The Kier molecular flexibility index (Phi) is 5.89. The van der Waals surface area contributed by atoms with Crippen LogP contribution in [-0.2, 0) is 6.42 Å². The molecular formula is C14H18BrF3O2. The van der Waals surface area contributed by atoms with Gasteiger partial charge in [-0.1, -0.05) is 15.9 Å². The molecule has 0 heterocycles. The monoisotopic (exact) mass is 354 g/mol. The summed E-state index contributed by atoms with van der Waals surface area (Å²) in [6.45, 7) is 1.55. The first-order valence-electron chi connectivity index (χ1n) is 6.24. The average Bonchev–Trinajstić information content (AvgIpc) is 2.26. The van der Waals surface area contributed by atoms with Crippen LogP contribution in [0.4, 0.5) is 13.2 Å². The Morgan fingerprint density at radius 3 is 2.45 bits per heavy atom. The van der Waals surface area contributed by atoms with Gasteiger partial charge in [-0.25, -0.2) is 0 Å². The Bertz CT molecular complexity index is 445. The van der Waals surface area contributed by atoms with Crippen LogP contribution in [0, 0.1) is 0 Å². The molecule has 1 atom stereocenters. The lowest BCUT2D eigenvalue weighted by Crippen LogP contribution is -2.28. The molecule has 1 unspecified atom stereocenters. The molecular weight excluding hydrogens is 337 g/mol. The molecule has 0 aliphatic heterocycles. The molecule has 0 fully saturated rings. The quantitative estimate of drug-likeness (QED) is 0.815. The molecule has 0 aliphatic carbocycles. The number of methoxy groups -OCH3 is 1. The van der Waals surface area contributed by atoms with Crippen molar-refractivity contribution in [1.82, 2.24) is 0 Å². The molecule has 2 nitrogen and oxygen atoms in total. The second-order valence-corrected chi connectivity index (χ2v) is 6.01. The van der Waals surface area contributed by atoms with E-state index in [-0.39, 0.29) is 19.3 Å². The molecule has 6 heteroatoms. The van der Waals surface area contributed by atoms with E-state index in [1.165, 1.54) is 7.11 Å². The van der Waals surface area contributed by atoms with E-state index in [9.17, 15) is 18.3 Å².